The summed E-state index contributed by atoms with van der Waals surface area (Å²) in [5.74, 6) is 0. The summed E-state index contributed by atoms with van der Waals surface area (Å²) in [6.45, 7) is 8.27. The largest absolute Gasteiger partial charge is 0.373 e. The van der Waals surface area contributed by atoms with Crippen LogP contribution in [0.15, 0.2) is 24.3 Å². The number of hydrogen-bond acceptors (Lipinski definition) is 3. The maximum atomic E-state index is 6.25. The van der Waals surface area contributed by atoms with E-state index in [0.29, 0.717) is 13.2 Å². The van der Waals surface area contributed by atoms with Gasteiger partial charge in [0.1, 0.15) is 0 Å². The van der Waals surface area contributed by atoms with E-state index in [9.17, 15) is 0 Å². The van der Waals surface area contributed by atoms with Gasteiger partial charge in [-0.2, -0.15) is 5.10 Å². The number of hydrogen-bond donors (Lipinski definition) is 1. The predicted octanol–water partition coefficient (Wildman–Crippen LogP) is 3.09. The Morgan fingerprint density at radius 3 is 2.55 bits per heavy atom. The lowest BCUT2D eigenvalue weighted by atomic mass is 9.96. The molecule has 0 bridgehead atoms. The molecule has 110 valence electrons. The van der Waals surface area contributed by atoms with Crippen molar-refractivity contribution in [3.63, 3.8) is 0 Å². The normalized spacial score (nSPS) is 12.2. The third-order valence-electron chi connectivity index (χ3n) is 4.07. The summed E-state index contributed by atoms with van der Waals surface area (Å²) >= 11 is 0. The average Bonchev–Trinajstić information content (AvgIpc) is 2.85. The third kappa shape index (κ3) is 3.02. The van der Waals surface area contributed by atoms with Crippen LogP contribution in [0.25, 0.3) is 10.9 Å². The fraction of sp³-hybridized carbons (Fsp3) is 0.562. The predicted molar refractivity (Wildman–Crippen MR) is 82.6 cm³/mol. The highest BCUT2D eigenvalue weighted by atomic mass is 16.5. The standard InChI is InChI=1S/C16H25N3O/c1-4-16(17,5-2)12-20-11-14-13-9-7-8-10-15(13)19(6-3)18-14/h7-10H,4-6,11-12,17H2,1-3H3. The first-order chi connectivity index (χ1) is 9.63. The number of aromatic nitrogens is 2. The van der Waals surface area contributed by atoms with Gasteiger partial charge in [-0.3, -0.25) is 4.68 Å². The molecule has 4 nitrogen and oxygen atoms in total. The van der Waals surface area contributed by atoms with E-state index in [0.717, 1.165) is 25.1 Å². The molecule has 2 rings (SSSR count). The fourth-order valence-electron chi connectivity index (χ4n) is 2.35. The van der Waals surface area contributed by atoms with Crippen molar-refractivity contribution in [3.8, 4) is 0 Å². The number of rotatable bonds is 7. The first-order valence-corrected chi connectivity index (χ1v) is 7.44. The molecule has 0 aliphatic heterocycles. The molecular formula is C16H25N3O. The molecule has 2 aromatic rings. The molecule has 0 saturated heterocycles. The van der Waals surface area contributed by atoms with Gasteiger partial charge in [0.25, 0.3) is 0 Å². The van der Waals surface area contributed by atoms with Crippen LogP contribution in [0, 0.1) is 0 Å². The number of ether oxygens (including phenoxy) is 1. The molecule has 1 aromatic heterocycles. The summed E-state index contributed by atoms with van der Waals surface area (Å²) in [5.41, 5.74) is 8.20. The molecule has 0 saturated carbocycles. The highest BCUT2D eigenvalue weighted by Crippen LogP contribution is 2.20. The summed E-state index contributed by atoms with van der Waals surface area (Å²) in [4.78, 5) is 0. The molecule has 1 aromatic carbocycles. The van der Waals surface area contributed by atoms with Crippen LogP contribution in [0.4, 0.5) is 0 Å². The molecule has 0 aliphatic carbocycles. The quantitative estimate of drug-likeness (QED) is 0.844. The zero-order valence-corrected chi connectivity index (χ0v) is 12.7. The van der Waals surface area contributed by atoms with Crippen LogP contribution in [0.3, 0.4) is 0 Å². The highest BCUT2D eigenvalue weighted by molar-refractivity contribution is 5.81. The minimum Gasteiger partial charge on any atom is -0.373 e. The van der Waals surface area contributed by atoms with Crippen molar-refractivity contribution in [1.82, 2.24) is 9.78 Å². The molecule has 1 heterocycles. The summed E-state index contributed by atoms with van der Waals surface area (Å²) < 4.78 is 7.85. The van der Waals surface area contributed by atoms with Crippen molar-refractivity contribution in [1.29, 1.82) is 0 Å². The van der Waals surface area contributed by atoms with Crippen LogP contribution >= 0.6 is 0 Å². The van der Waals surface area contributed by atoms with E-state index in [2.05, 4.69) is 38.0 Å². The lowest BCUT2D eigenvalue weighted by Crippen LogP contribution is -2.43. The summed E-state index contributed by atoms with van der Waals surface area (Å²) in [6.07, 6.45) is 1.85. The molecule has 0 atom stereocenters. The smallest absolute Gasteiger partial charge is 0.0960 e. The number of aryl methyl sites for hydroxylation is 1. The highest BCUT2D eigenvalue weighted by Gasteiger charge is 2.20. The number of nitrogens with two attached hydrogens (primary N) is 1. The maximum absolute atomic E-state index is 6.25. The summed E-state index contributed by atoms with van der Waals surface area (Å²) in [7, 11) is 0. The number of fused-ring (bicyclic) bond motifs is 1. The van der Waals surface area contributed by atoms with Crippen molar-refractivity contribution in [2.45, 2.75) is 52.3 Å². The second kappa shape index (κ2) is 6.37. The molecule has 20 heavy (non-hydrogen) atoms. The van der Waals surface area contributed by atoms with Crippen LogP contribution in [0.1, 0.15) is 39.3 Å². The van der Waals surface area contributed by atoms with Crippen LogP contribution in [0.5, 0.6) is 0 Å². The Balaban J connectivity index is 2.11. The SMILES string of the molecule is CCn1nc(COCC(N)(CC)CC)c2ccccc21. The van der Waals surface area contributed by atoms with Gasteiger partial charge in [0.05, 0.1) is 24.4 Å². The minimum absolute atomic E-state index is 0.219. The van der Waals surface area contributed by atoms with Gasteiger partial charge in [-0.25, -0.2) is 0 Å². The first-order valence-electron chi connectivity index (χ1n) is 7.44. The Bertz CT molecular complexity index is 558. The lowest BCUT2D eigenvalue weighted by molar-refractivity contribution is 0.0680. The summed E-state index contributed by atoms with van der Waals surface area (Å²) in [6, 6.07) is 8.28. The van der Waals surface area contributed by atoms with Crippen molar-refractivity contribution < 1.29 is 4.74 Å². The zero-order valence-electron chi connectivity index (χ0n) is 12.7. The molecule has 4 heteroatoms. The van der Waals surface area contributed by atoms with Gasteiger partial charge in [0.15, 0.2) is 0 Å². The minimum atomic E-state index is -0.219. The molecular weight excluding hydrogens is 250 g/mol. The Morgan fingerprint density at radius 2 is 1.90 bits per heavy atom. The number of para-hydroxylation sites is 1. The van der Waals surface area contributed by atoms with Gasteiger partial charge in [0.2, 0.25) is 0 Å². The molecule has 0 radical (unpaired) electrons. The lowest BCUT2D eigenvalue weighted by Gasteiger charge is -2.26. The monoisotopic (exact) mass is 275 g/mol. The van der Waals surface area contributed by atoms with E-state index in [4.69, 9.17) is 10.5 Å². The van der Waals surface area contributed by atoms with Crippen LogP contribution in [-0.4, -0.2) is 21.9 Å². The van der Waals surface area contributed by atoms with Gasteiger partial charge >= 0.3 is 0 Å². The van der Waals surface area contributed by atoms with Crippen LogP contribution < -0.4 is 5.73 Å². The molecule has 0 aliphatic rings. The van der Waals surface area contributed by atoms with Crippen molar-refractivity contribution in [2.24, 2.45) is 5.73 Å². The van der Waals surface area contributed by atoms with E-state index >= 15 is 0 Å². The second-order valence-electron chi connectivity index (χ2n) is 5.34. The number of nitrogens with zero attached hydrogens (tertiary/aromatic N) is 2. The van der Waals surface area contributed by atoms with E-state index in [1.807, 2.05) is 16.8 Å². The van der Waals surface area contributed by atoms with E-state index in [1.54, 1.807) is 0 Å². The zero-order chi connectivity index (χ0) is 14.6. The van der Waals surface area contributed by atoms with Crippen molar-refractivity contribution >= 4 is 10.9 Å². The van der Waals surface area contributed by atoms with Crippen LogP contribution in [-0.2, 0) is 17.9 Å². The van der Waals surface area contributed by atoms with Gasteiger partial charge in [0, 0.05) is 17.5 Å². The molecule has 0 fully saturated rings. The van der Waals surface area contributed by atoms with E-state index in [1.165, 1.54) is 10.9 Å². The Hall–Kier alpha value is -1.39. The van der Waals surface area contributed by atoms with Crippen LogP contribution in [0.2, 0.25) is 0 Å². The molecule has 0 spiro atoms. The number of benzene rings is 1. The Kier molecular flexibility index (Phi) is 4.78. The Morgan fingerprint density at radius 1 is 1.20 bits per heavy atom. The maximum Gasteiger partial charge on any atom is 0.0960 e. The molecule has 0 amide bonds. The van der Waals surface area contributed by atoms with Gasteiger partial charge in [-0.05, 0) is 25.8 Å². The van der Waals surface area contributed by atoms with Gasteiger partial charge < -0.3 is 10.5 Å². The van der Waals surface area contributed by atoms with E-state index in [-0.39, 0.29) is 5.54 Å². The van der Waals surface area contributed by atoms with E-state index < -0.39 is 0 Å². The van der Waals surface area contributed by atoms with Crippen molar-refractivity contribution in [3.05, 3.63) is 30.0 Å². The average molecular weight is 275 g/mol. The third-order valence-corrected chi connectivity index (χ3v) is 4.07. The second-order valence-corrected chi connectivity index (χ2v) is 5.34. The van der Waals surface area contributed by atoms with Crippen molar-refractivity contribution in [2.75, 3.05) is 6.61 Å². The molecule has 2 N–H and O–H groups in total. The topological polar surface area (TPSA) is 53.1 Å². The Labute approximate surface area is 120 Å². The molecule has 0 unspecified atom stereocenters. The van der Waals surface area contributed by atoms with Gasteiger partial charge in [-0.1, -0.05) is 32.0 Å². The summed E-state index contributed by atoms with van der Waals surface area (Å²) in [5, 5.41) is 5.80. The fourth-order valence-corrected chi connectivity index (χ4v) is 2.35. The first kappa shape index (κ1) is 15.0. The van der Waals surface area contributed by atoms with Gasteiger partial charge in [-0.15, -0.1) is 0 Å².